The van der Waals surface area contributed by atoms with E-state index in [2.05, 4.69) is 17.5 Å². The van der Waals surface area contributed by atoms with Crippen LogP contribution in [-0.4, -0.2) is 17.1 Å². The lowest BCUT2D eigenvalue weighted by atomic mass is 10.0. The Kier molecular flexibility index (Phi) is 4.47. The highest BCUT2D eigenvalue weighted by Crippen LogP contribution is 2.07. The van der Waals surface area contributed by atoms with Crippen LogP contribution < -0.4 is 4.72 Å². The van der Waals surface area contributed by atoms with Gasteiger partial charge in [0.25, 0.3) is 0 Å². The number of nitrogens with one attached hydrogen (secondary N) is 1. The smallest absolute Gasteiger partial charge is 0.321 e. The van der Waals surface area contributed by atoms with Crippen LogP contribution in [0.1, 0.15) is 20.3 Å². The normalized spacial score (nSPS) is 16.3. The van der Waals surface area contributed by atoms with E-state index in [9.17, 15) is 4.79 Å². The van der Waals surface area contributed by atoms with E-state index in [4.69, 9.17) is 5.11 Å². The molecule has 0 fully saturated rings. The van der Waals surface area contributed by atoms with E-state index in [1.165, 1.54) is 0 Å². The van der Waals surface area contributed by atoms with Crippen LogP contribution in [0.3, 0.4) is 0 Å². The van der Waals surface area contributed by atoms with Crippen molar-refractivity contribution in [3.05, 3.63) is 0 Å². The Morgan fingerprint density at radius 1 is 1.80 bits per heavy atom. The quantitative estimate of drug-likeness (QED) is 0.540. The highest BCUT2D eigenvalue weighted by atomic mass is 32.1. The van der Waals surface area contributed by atoms with E-state index in [1.54, 1.807) is 0 Å². The first-order valence-corrected chi connectivity index (χ1v) is 3.70. The fourth-order valence-electron chi connectivity index (χ4n) is 0.662. The van der Waals surface area contributed by atoms with Gasteiger partial charge in [0, 0.05) is 0 Å². The second kappa shape index (κ2) is 4.57. The summed E-state index contributed by atoms with van der Waals surface area (Å²) in [6.45, 7) is 3.83. The lowest BCUT2D eigenvalue weighted by Crippen LogP contribution is -2.36. The summed E-state index contributed by atoms with van der Waals surface area (Å²) in [6.07, 6.45) is 0.838. The van der Waals surface area contributed by atoms with Crippen molar-refractivity contribution >= 4 is 18.8 Å². The van der Waals surface area contributed by atoms with Crippen molar-refractivity contribution in [1.82, 2.24) is 4.72 Å². The van der Waals surface area contributed by atoms with E-state index < -0.39 is 12.0 Å². The van der Waals surface area contributed by atoms with Crippen molar-refractivity contribution in [3.8, 4) is 0 Å². The van der Waals surface area contributed by atoms with E-state index in [-0.39, 0.29) is 5.92 Å². The molecule has 2 atom stereocenters. The molecule has 0 saturated carbocycles. The van der Waals surface area contributed by atoms with Gasteiger partial charge in [-0.1, -0.05) is 33.1 Å². The maximum absolute atomic E-state index is 10.4. The summed E-state index contributed by atoms with van der Waals surface area (Å²) in [6, 6.07) is -0.534. The van der Waals surface area contributed by atoms with Gasteiger partial charge in [0.05, 0.1) is 0 Å². The number of thiol groups is 1. The zero-order chi connectivity index (χ0) is 8.15. The van der Waals surface area contributed by atoms with Crippen LogP contribution in [0.4, 0.5) is 0 Å². The SMILES string of the molecule is CCC(C)C(NS)C(=O)O. The molecule has 0 amide bonds. The number of hydrogen-bond acceptors (Lipinski definition) is 3. The average molecular weight is 163 g/mol. The van der Waals surface area contributed by atoms with Crippen molar-refractivity contribution in [3.63, 3.8) is 0 Å². The third kappa shape index (κ3) is 2.58. The fourth-order valence-corrected chi connectivity index (χ4v) is 1.03. The molecule has 4 heteroatoms. The van der Waals surface area contributed by atoms with Crippen molar-refractivity contribution in [1.29, 1.82) is 0 Å². The molecule has 0 aliphatic rings. The summed E-state index contributed by atoms with van der Waals surface area (Å²) in [5.74, 6) is -0.723. The van der Waals surface area contributed by atoms with Crippen molar-refractivity contribution in [2.75, 3.05) is 0 Å². The highest BCUT2D eigenvalue weighted by molar-refractivity contribution is 7.78. The molecule has 0 rings (SSSR count). The number of rotatable bonds is 4. The molecule has 0 spiro atoms. The van der Waals surface area contributed by atoms with Gasteiger partial charge in [-0.15, -0.1) is 0 Å². The first kappa shape index (κ1) is 9.78. The van der Waals surface area contributed by atoms with Gasteiger partial charge in [0.1, 0.15) is 6.04 Å². The molecule has 0 aliphatic heterocycles. The zero-order valence-corrected chi connectivity index (χ0v) is 7.06. The minimum Gasteiger partial charge on any atom is -0.480 e. The molecule has 10 heavy (non-hydrogen) atoms. The van der Waals surface area contributed by atoms with Crippen LogP contribution >= 0.6 is 12.8 Å². The van der Waals surface area contributed by atoms with Gasteiger partial charge in [-0.05, 0) is 5.92 Å². The third-order valence-electron chi connectivity index (χ3n) is 1.62. The summed E-state index contributed by atoms with van der Waals surface area (Å²) in [5.41, 5.74) is 0. The van der Waals surface area contributed by atoms with Crippen molar-refractivity contribution < 1.29 is 9.90 Å². The lowest BCUT2D eigenvalue weighted by molar-refractivity contribution is -0.140. The number of hydrogen-bond donors (Lipinski definition) is 3. The molecular weight excluding hydrogens is 150 g/mol. The first-order chi connectivity index (χ1) is 4.63. The van der Waals surface area contributed by atoms with Gasteiger partial charge in [-0.25, -0.2) is 0 Å². The number of carbonyl (C=O) groups is 1. The molecule has 2 N–H and O–H groups in total. The summed E-state index contributed by atoms with van der Waals surface area (Å²) >= 11 is 3.72. The Morgan fingerprint density at radius 3 is 2.40 bits per heavy atom. The standard InChI is InChI=1S/C6H13NO2S/c1-3-4(2)5(7-10)6(8)9/h4-5,7,10H,3H2,1-2H3,(H,8,9). The van der Waals surface area contributed by atoms with Crippen LogP contribution in [0.15, 0.2) is 0 Å². The third-order valence-corrected chi connectivity index (χ3v) is 1.90. The topological polar surface area (TPSA) is 49.3 Å². The van der Waals surface area contributed by atoms with Crippen LogP contribution in [-0.2, 0) is 4.79 Å². The Morgan fingerprint density at radius 2 is 2.30 bits per heavy atom. The van der Waals surface area contributed by atoms with E-state index in [0.29, 0.717) is 0 Å². The monoisotopic (exact) mass is 163 g/mol. The molecular formula is C6H13NO2S. The molecule has 0 aromatic rings. The second-order valence-corrected chi connectivity index (χ2v) is 2.59. The summed E-state index contributed by atoms with van der Waals surface area (Å²) in [7, 11) is 0. The largest absolute Gasteiger partial charge is 0.480 e. The van der Waals surface area contributed by atoms with E-state index in [0.717, 1.165) is 6.42 Å². The number of carboxylic acids is 1. The minimum absolute atomic E-state index is 0.120. The number of carboxylic acid groups (broad SMARTS) is 1. The van der Waals surface area contributed by atoms with Crippen LogP contribution in [0.2, 0.25) is 0 Å². The Bertz CT molecular complexity index is 118. The predicted molar refractivity (Wildman–Crippen MR) is 43.0 cm³/mol. The van der Waals surface area contributed by atoms with Gasteiger partial charge in [0.2, 0.25) is 0 Å². The molecule has 0 saturated heterocycles. The molecule has 2 unspecified atom stereocenters. The molecule has 0 aromatic carbocycles. The number of aliphatic carboxylic acids is 1. The molecule has 0 aliphatic carbocycles. The van der Waals surface area contributed by atoms with Gasteiger partial charge < -0.3 is 5.11 Å². The molecule has 0 bridgehead atoms. The Balaban J connectivity index is 3.92. The molecule has 0 aromatic heterocycles. The van der Waals surface area contributed by atoms with Gasteiger partial charge >= 0.3 is 5.97 Å². The van der Waals surface area contributed by atoms with Crippen LogP contribution in [0, 0.1) is 5.92 Å². The maximum atomic E-state index is 10.4. The fraction of sp³-hybridized carbons (Fsp3) is 0.833. The van der Waals surface area contributed by atoms with Crippen LogP contribution in [0.25, 0.3) is 0 Å². The lowest BCUT2D eigenvalue weighted by Gasteiger charge is -2.16. The van der Waals surface area contributed by atoms with Gasteiger partial charge in [0.15, 0.2) is 0 Å². The van der Waals surface area contributed by atoms with Gasteiger partial charge in [-0.2, -0.15) is 0 Å². The average Bonchev–Trinajstić information content (AvgIpc) is 1.88. The molecule has 60 valence electrons. The zero-order valence-electron chi connectivity index (χ0n) is 6.16. The summed E-state index contributed by atoms with van der Waals surface area (Å²) < 4.78 is 2.45. The maximum Gasteiger partial charge on any atom is 0.321 e. The first-order valence-electron chi connectivity index (χ1n) is 3.25. The van der Waals surface area contributed by atoms with E-state index >= 15 is 0 Å². The predicted octanol–water partition coefficient (Wildman–Crippen LogP) is 0.920. The van der Waals surface area contributed by atoms with Gasteiger partial charge in [-0.3, -0.25) is 9.52 Å². The van der Waals surface area contributed by atoms with Crippen molar-refractivity contribution in [2.45, 2.75) is 26.3 Å². The highest BCUT2D eigenvalue weighted by Gasteiger charge is 2.20. The summed E-state index contributed by atoms with van der Waals surface area (Å²) in [5, 5.41) is 8.56. The Labute approximate surface area is 66.4 Å². The minimum atomic E-state index is -0.843. The van der Waals surface area contributed by atoms with Crippen LogP contribution in [0.5, 0.6) is 0 Å². The summed E-state index contributed by atoms with van der Waals surface area (Å²) in [4.78, 5) is 10.4. The van der Waals surface area contributed by atoms with E-state index in [1.807, 2.05) is 13.8 Å². The molecule has 3 nitrogen and oxygen atoms in total. The Hall–Kier alpha value is -0.220. The molecule has 0 heterocycles. The second-order valence-electron chi connectivity index (χ2n) is 2.33. The molecule has 0 radical (unpaired) electrons. The van der Waals surface area contributed by atoms with Crippen molar-refractivity contribution in [2.24, 2.45) is 5.92 Å².